The number of nitrogens with zero attached hydrogens (tertiary/aromatic N) is 1. The van der Waals surface area contributed by atoms with Gasteiger partial charge >= 0.3 is 0 Å². The van der Waals surface area contributed by atoms with Crippen LogP contribution in [-0.2, 0) is 11.2 Å². The highest BCUT2D eigenvalue weighted by Gasteiger charge is 2.38. The highest BCUT2D eigenvalue weighted by molar-refractivity contribution is 5.88. The molecule has 110 valence electrons. The normalized spacial score (nSPS) is 21.4. The average molecular weight is 284 g/mol. The summed E-state index contributed by atoms with van der Waals surface area (Å²) < 4.78 is 5.33. The Bertz CT molecular complexity index is 715. The molecular weight excluding hydrogens is 264 g/mol. The lowest BCUT2D eigenvalue weighted by Crippen LogP contribution is -2.39. The van der Waals surface area contributed by atoms with E-state index in [1.165, 1.54) is 16.6 Å². The highest BCUT2D eigenvalue weighted by Crippen LogP contribution is 2.39. The van der Waals surface area contributed by atoms with E-state index in [9.17, 15) is 4.79 Å². The predicted octanol–water partition coefficient (Wildman–Crippen LogP) is 3.03. The van der Waals surface area contributed by atoms with Gasteiger partial charge in [0.25, 0.3) is 0 Å². The summed E-state index contributed by atoms with van der Waals surface area (Å²) in [6.45, 7) is 2.96. The van der Waals surface area contributed by atoms with Gasteiger partial charge in [-0.25, -0.2) is 0 Å². The second kappa shape index (κ2) is 4.52. The number of carbonyl (C=O) groups excluding carboxylic acids is 1. The number of rotatable bonds is 2. The van der Waals surface area contributed by atoms with Gasteiger partial charge in [0.2, 0.25) is 5.91 Å². The van der Waals surface area contributed by atoms with Gasteiger partial charge in [0.1, 0.15) is 5.75 Å². The summed E-state index contributed by atoms with van der Waals surface area (Å²) in [7, 11) is 1.69. The van der Waals surface area contributed by atoms with Crippen LogP contribution in [0.1, 0.15) is 37.1 Å². The van der Waals surface area contributed by atoms with Crippen molar-refractivity contribution in [3.8, 4) is 5.75 Å². The molecule has 4 rings (SSSR count). The lowest BCUT2D eigenvalue weighted by molar-refractivity contribution is -0.135. The van der Waals surface area contributed by atoms with Crippen LogP contribution in [-0.4, -0.2) is 29.4 Å². The third-order valence-electron chi connectivity index (χ3n) is 4.84. The van der Waals surface area contributed by atoms with Crippen LogP contribution in [0.25, 0.3) is 10.9 Å². The van der Waals surface area contributed by atoms with Crippen molar-refractivity contribution in [2.24, 2.45) is 5.92 Å². The van der Waals surface area contributed by atoms with Crippen LogP contribution < -0.4 is 4.74 Å². The number of amides is 1. The van der Waals surface area contributed by atoms with Crippen molar-refractivity contribution in [1.82, 2.24) is 9.88 Å². The fourth-order valence-corrected chi connectivity index (χ4v) is 3.45. The van der Waals surface area contributed by atoms with Crippen LogP contribution in [0.4, 0.5) is 0 Å². The van der Waals surface area contributed by atoms with Crippen molar-refractivity contribution in [1.29, 1.82) is 0 Å². The van der Waals surface area contributed by atoms with E-state index in [4.69, 9.17) is 4.74 Å². The van der Waals surface area contributed by atoms with Crippen LogP contribution in [0.2, 0.25) is 0 Å². The fraction of sp³-hybridized carbons (Fsp3) is 0.471. The minimum atomic E-state index is 0.139. The number of benzene rings is 1. The van der Waals surface area contributed by atoms with Crippen LogP contribution >= 0.6 is 0 Å². The predicted molar refractivity (Wildman–Crippen MR) is 81.4 cm³/mol. The van der Waals surface area contributed by atoms with Gasteiger partial charge < -0.3 is 14.6 Å². The summed E-state index contributed by atoms with van der Waals surface area (Å²) in [5.41, 5.74) is 3.67. The summed E-state index contributed by atoms with van der Waals surface area (Å²) in [6.07, 6.45) is 3.06. The second-order valence-corrected chi connectivity index (χ2v) is 6.16. The zero-order valence-corrected chi connectivity index (χ0v) is 12.5. The number of methoxy groups -OCH3 is 1. The maximum Gasteiger partial charge on any atom is 0.226 e. The Labute approximate surface area is 124 Å². The Morgan fingerprint density at radius 3 is 2.90 bits per heavy atom. The molecule has 0 bridgehead atoms. The summed E-state index contributed by atoms with van der Waals surface area (Å²) >= 11 is 0. The van der Waals surface area contributed by atoms with Gasteiger partial charge in [-0.1, -0.05) is 0 Å². The fourth-order valence-electron chi connectivity index (χ4n) is 3.45. The van der Waals surface area contributed by atoms with Crippen molar-refractivity contribution in [2.45, 2.75) is 32.2 Å². The summed E-state index contributed by atoms with van der Waals surface area (Å²) in [4.78, 5) is 17.9. The van der Waals surface area contributed by atoms with Gasteiger partial charge in [0.15, 0.2) is 0 Å². The number of hydrogen-bond donors (Lipinski definition) is 1. The molecule has 1 aromatic heterocycles. The number of nitrogens with one attached hydrogen (secondary N) is 1. The molecule has 2 aromatic rings. The molecule has 0 spiro atoms. The maximum absolute atomic E-state index is 12.4. The molecule has 4 heteroatoms. The van der Waals surface area contributed by atoms with E-state index in [0.717, 1.165) is 37.1 Å². The molecule has 0 saturated heterocycles. The first-order valence-corrected chi connectivity index (χ1v) is 7.68. The molecule has 4 nitrogen and oxygen atoms in total. The van der Waals surface area contributed by atoms with Gasteiger partial charge in [-0.3, -0.25) is 4.79 Å². The first kappa shape index (κ1) is 12.7. The second-order valence-electron chi connectivity index (χ2n) is 6.16. The number of aromatic amines is 1. The van der Waals surface area contributed by atoms with Crippen LogP contribution in [0.15, 0.2) is 18.2 Å². The number of ether oxygens (including phenoxy) is 1. The molecule has 1 fully saturated rings. The number of carbonyl (C=O) groups is 1. The van der Waals surface area contributed by atoms with Crippen molar-refractivity contribution in [3.63, 3.8) is 0 Å². The molecular formula is C17H20N2O2. The molecule has 2 heterocycles. The first-order chi connectivity index (χ1) is 10.2. The van der Waals surface area contributed by atoms with Gasteiger partial charge in [0.05, 0.1) is 13.2 Å². The van der Waals surface area contributed by atoms with Crippen molar-refractivity contribution in [3.05, 3.63) is 29.5 Å². The number of hydrogen-bond acceptors (Lipinski definition) is 2. The molecule has 1 atom stereocenters. The first-order valence-electron chi connectivity index (χ1n) is 7.68. The van der Waals surface area contributed by atoms with Crippen molar-refractivity contribution < 1.29 is 9.53 Å². The number of fused-ring (bicyclic) bond motifs is 3. The van der Waals surface area contributed by atoms with E-state index >= 15 is 0 Å². The van der Waals surface area contributed by atoms with E-state index in [0.29, 0.717) is 11.8 Å². The van der Waals surface area contributed by atoms with Crippen molar-refractivity contribution in [2.75, 3.05) is 13.7 Å². The molecule has 1 aromatic carbocycles. The van der Waals surface area contributed by atoms with Gasteiger partial charge in [0, 0.05) is 29.1 Å². The smallest absolute Gasteiger partial charge is 0.226 e. The van der Waals surface area contributed by atoms with E-state index in [2.05, 4.69) is 24.0 Å². The van der Waals surface area contributed by atoms with E-state index in [1.54, 1.807) is 7.11 Å². The Balaban J connectivity index is 1.75. The summed E-state index contributed by atoms with van der Waals surface area (Å²) in [5, 5.41) is 1.23. The molecule has 1 aliphatic carbocycles. The average Bonchev–Trinajstić information content (AvgIpc) is 3.28. The Kier molecular flexibility index (Phi) is 2.74. The maximum atomic E-state index is 12.4. The Hall–Kier alpha value is -1.97. The zero-order valence-electron chi connectivity index (χ0n) is 12.5. The number of aromatic nitrogens is 1. The molecule has 21 heavy (non-hydrogen) atoms. The van der Waals surface area contributed by atoms with E-state index in [1.807, 2.05) is 11.0 Å². The monoisotopic (exact) mass is 284 g/mol. The SMILES string of the molecule is COc1ccc2[nH]c3c(c2c1)CCN(C(=O)C1CC1)C3C. The van der Waals surface area contributed by atoms with Crippen LogP contribution in [0, 0.1) is 5.92 Å². The van der Waals surface area contributed by atoms with E-state index in [-0.39, 0.29) is 6.04 Å². The zero-order chi connectivity index (χ0) is 14.6. The van der Waals surface area contributed by atoms with Crippen molar-refractivity contribution >= 4 is 16.8 Å². The molecule has 0 radical (unpaired) electrons. The topological polar surface area (TPSA) is 45.3 Å². The van der Waals surface area contributed by atoms with Crippen LogP contribution in [0.5, 0.6) is 5.75 Å². The minimum Gasteiger partial charge on any atom is -0.497 e. The largest absolute Gasteiger partial charge is 0.497 e. The molecule has 1 saturated carbocycles. The van der Waals surface area contributed by atoms with Crippen LogP contribution in [0.3, 0.4) is 0 Å². The highest BCUT2D eigenvalue weighted by atomic mass is 16.5. The van der Waals surface area contributed by atoms with Gasteiger partial charge in [-0.15, -0.1) is 0 Å². The molecule has 1 amide bonds. The quantitative estimate of drug-likeness (QED) is 0.921. The Morgan fingerprint density at radius 2 is 2.19 bits per heavy atom. The number of H-pyrrole nitrogens is 1. The summed E-state index contributed by atoms with van der Waals surface area (Å²) in [5.74, 6) is 1.51. The molecule has 1 N–H and O–H groups in total. The molecule has 1 aliphatic heterocycles. The summed E-state index contributed by atoms with van der Waals surface area (Å²) in [6, 6.07) is 6.27. The third kappa shape index (κ3) is 1.93. The van der Waals surface area contributed by atoms with E-state index < -0.39 is 0 Å². The minimum absolute atomic E-state index is 0.139. The molecule has 2 aliphatic rings. The third-order valence-corrected chi connectivity index (χ3v) is 4.84. The van der Waals surface area contributed by atoms with Gasteiger partial charge in [-0.05, 0) is 49.9 Å². The standard InChI is InChI=1S/C17H20N2O2/c1-10-16-13(7-8-19(10)17(20)11-3-4-11)14-9-12(21-2)5-6-15(14)18-16/h5-6,9-11,18H,3-4,7-8H2,1-2H3. The Morgan fingerprint density at radius 1 is 1.38 bits per heavy atom. The van der Waals surface area contributed by atoms with Gasteiger partial charge in [-0.2, -0.15) is 0 Å². The molecule has 1 unspecified atom stereocenters. The lowest BCUT2D eigenvalue weighted by Gasteiger charge is -2.33. The lowest BCUT2D eigenvalue weighted by atomic mass is 9.97.